The Morgan fingerprint density at radius 3 is 3.00 bits per heavy atom. The van der Waals surface area contributed by atoms with Gasteiger partial charge in [0.2, 0.25) is 5.88 Å². The van der Waals surface area contributed by atoms with Gasteiger partial charge < -0.3 is 24.8 Å². The molecule has 9 heteroatoms. The van der Waals surface area contributed by atoms with Gasteiger partial charge in [-0.05, 0) is 45.4 Å². The van der Waals surface area contributed by atoms with Crippen LogP contribution in [0.4, 0.5) is 5.82 Å². The molecule has 2 aliphatic heterocycles. The molecule has 0 amide bonds. The van der Waals surface area contributed by atoms with Crippen LogP contribution in [0.15, 0.2) is 18.3 Å². The van der Waals surface area contributed by atoms with Gasteiger partial charge in [-0.3, -0.25) is 4.79 Å². The Kier molecular flexibility index (Phi) is 6.44. The van der Waals surface area contributed by atoms with Crippen molar-refractivity contribution in [1.82, 2.24) is 14.9 Å². The Hall–Kier alpha value is -2.96. The molecule has 32 heavy (non-hydrogen) atoms. The van der Waals surface area contributed by atoms with Gasteiger partial charge in [0.1, 0.15) is 23.7 Å². The van der Waals surface area contributed by atoms with Crippen molar-refractivity contribution >= 4 is 22.6 Å². The monoisotopic (exact) mass is 439 g/mol. The van der Waals surface area contributed by atoms with Crippen LogP contribution in [0.2, 0.25) is 0 Å². The quantitative estimate of drug-likeness (QED) is 0.670. The van der Waals surface area contributed by atoms with Crippen molar-refractivity contribution in [2.75, 3.05) is 38.2 Å². The summed E-state index contributed by atoms with van der Waals surface area (Å²) >= 11 is 0. The first-order valence-electron chi connectivity index (χ1n) is 11.0. The van der Waals surface area contributed by atoms with E-state index in [1.165, 1.54) is 0 Å². The van der Waals surface area contributed by atoms with E-state index >= 15 is 0 Å². The Balaban J connectivity index is 1.51. The van der Waals surface area contributed by atoms with Crippen molar-refractivity contribution in [1.29, 1.82) is 5.26 Å². The smallest absolute Gasteiger partial charge is 0.310 e. The average molecular weight is 440 g/mol. The fourth-order valence-corrected chi connectivity index (χ4v) is 4.26. The summed E-state index contributed by atoms with van der Waals surface area (Å²) in [6, 6.07) is 5.87. The minimum absolute atomic E-state index is 0.0753. The average Bonchev–Trinajstić information content (AvgIpc) is 3.27. The molecule has 2 atom stereocenters. The van der Waals surface area contributed by atoms with Gasteiger partial charge in [0.15, 0.2) is 0 Å². The van der Waals surface area contributed by atoms with Crippen molar-refractivity contribution in [3.63, 3.8) is 0 Å². The number of nitrogens with zero attached hydrogens (tertiary/aromatic N) is 4. The second-order valence-corrected chi connectivity index (χ2v) is 9.23. The Morgan fingerprint density at radius 2 is 2.28 bits per heavy atom. The minimum Gasteiger partial charge on any atom is -0.481 e. The lowest BCUT2D eigenvalue weighted by Crippen LogP contribution is -2.47. The first kappa shape index (κ1) is 22.2. The number of ether oxygens (including phenoxy) is 2. The molecule has 2 fully saturated rings. The highest BCUT2D eigenvalue weighted by atomic mass is 16.5. The van der Waals surface area contributed by atoms with Gasteiger partial charge in [0.05, 0.1) is 18.6 Å². The van der Waals surface area contributed by atoms with E-state index < -0.39 is 11.4 Å². The topological polar surface area (TPSA) is 121 Å². The number of likely N-dealkylation sites (tertiary alicyclic amines) is 1. The molecule has 0 spiro atoms. The predicted octanol–water partition coefficient (Wildman–Crippen LogP) is 2.66. The van der Waals surface area contributed by atoms with Crippen LogP contribution in [0.3, 0.4) is 0 Å². The molecule has 0 aliphatic carbocycles. The zero-order valence-corrected chi connectivity index (χ0v) is 18.5. The molecule has 0 bridgehead atoms. The highest BCUT2D eigenvalue weighted by Gasteiger charge is 2.32. The number of hydrogen-bond donors (Lipinski definition) is 2. The zero-order valence-electron chi connectivity index (χ0n) is 18.5. The number of carbonyl (C=O) groups is 1. The van der Waals surface area contributed by atoms with Crippen LogP contribution in [0.1, 0.15) is 38.8 Å². The molecule has 2 aliphatic rings. The van der Waals surface area contributed by atoms with Crippen LogP contribution in [0.25, 0.3) is 10.8 Å². The molecule has 2 aromatic heterocycles. The summed E-state index contributed by atoms with van der Waals surface area (Å²) in [4.78, 5) is 22.6. The standard InChI is InChI=1S/C23H29N5O4/c1-23(2,22(29)30)14-28-6-3-4-16(12-28)26-20-9-19-15(11-25-20)8-17(10-24)27-21(19)32-18-5-7-31-13-18/h8-9,11,16,18H,3-7,12-14H2,1-2H3,(H,25,26)(H,29,30)/t16-,18+/m0/s1. The van der Waals surface area contributed by atoms with E-state index in [2.05, 4.69) is 26.3 Å². The molecule has 170 valence electrons. The van der Waals surface area contributed by atoms with E-state index in [1.54, 1.807) is 26.1 Å². The van der Waals surface area contributed by atoms with Crippen molar-refractivity contribution in [2.45, 2.75) is 45.3 Å². The molecule has 2 aromatic rings. The molecule has 0 aromatic carbocycles. The van der Waals surface area contributed by atoms with E-state index in [9.17, 15) is 15.2 Å². The molecular weight excluding hydrogens is 410 g/mol. The third-order valence-electron chi connectivity index (χ3n) is 6.02. The Morgan fingerprint density at radius 1 is 1.44 bits per heavy atom. The molecule has 0 unspecified atom stereocenters. The van der Waals surface area contributed by atoms with Gasteiger partial charge in [-0.1, -0.05) is 0 Å². The summed E-state index contributed by atoms with van der Waals surface area (Å²) in [6.07, 6.45) is 4.42. The Labute approximate surface area is 187 Å². The number of nitrogens with one attached hydrogen (secondary N) is 1. The lowest BCUT2D eigenvalue weighted by atomic mass is 9.91. The molecule has 2 N–H and O–H groups in total. The SMILES string of the molecule is CC(C)(CN1CCC[C@H](Nc2cc3c(O[C@@H]4CCOC4)nc(C#N)cc3cn2)C1)C(=O)O. The molecule has 9 nitrogen and oxygen atoms in total. The van der Waals surface area contributed by atoms with Gasteiger partial charge >= 0.3 is 5.97 Å². The number of nitriles is 1. The number of piperidine rings is 1. The maximum absolute atomic E-state index is 11.5. The van der Waals surface area contributed by atoms with Crippen molar-refractivity contribution in [3.8, 4) is 11.9 Å². The van der Waals surface area contributed by atoms with Crippen molar-refractivity contribution in [2.24, 2.45) is 5.41 Å². The van der Waals surface area contributed by atoms with Crippen LogP contribution < -0.4 is 10.1 Å². The van der Waals surface area contributed by atoms with E-state index in [0.717, 1.165) is 43.1 Å². The molecule has 0 saturated carbocycles. The molecular formula is C23H29N5O4. The zero-order chi connectivity index (χ0) is 22.7. The van der Waals surface area contributed by atoms with Crippen LogP contribution in [0.5, 0.6) is 5.88 Å². The molecule has 4 rings (SSSR count). The number of aliphatic carboxylic acids is 1. The summed E-state index contributed by atoms with van der Waals surface area (Å²) in [5, 5.41) is 23.9. The molecule has 2 saturated heterocycles. The maximum atomic E-state index is 11.5. The number of rotatable bonds is 7. The third kappa shape index (κ3) is 5.09. The lowest BCUT2D eigenvalue weighted by molar-refractivity contribution is -0.148. The first-order chi connectivity index (χ1) is 15.3. The lowest BCUT2D eigenvalue weighted by Gasteiger charge is -2.36. The summed E-state index contributed by atoms with van der Waals surface area (Å²) in [5.74, 6) is 0.350. The molecule has 4 heterocycles. The number of carboxylic acids is 1. The van der Waals surface area contributed by atoms with E-state index in [1.807, 2.05) is 6.07 Å². The van der Waals surface area contributed by atoms with Crippen LogP contribution in [-0.4, -0.2) is 70.9 Å². The second-order valence-electron chi connectivity index (χ2n) is 9.23. The highest BCUT2D eigenvalue weighted by Crippen LogP contribution is 2.29. The fraction of sp³-hybridized carbons (Fsp3) is 0.565. The van der Waals surface area contributed by atoms with Crippen LogP contribution in [-0.2, 0) is 9.53 Å². The van der Waals surface area contributed by atoms with Crippen molar-refractivity contribution < 1.29 is 19.4 Å². The summed E-state index contributed by atoms with van der Waals surface area (Å²) in [6.45, 7) is 6.85. The number of anilines is 1. The Bertz CT molecular complexity index is 1030. The van der Waals surface area contributed by atoms with Crippen LogP contribution >= 0.6 is 0 Å². The molecule has 0 radical (unpaired) electrons. The van der Waals surface area contributed by atoms with Gasteiger partial charge in [0.25, 0.3) is 0 Å². The van der Waals surface area contributed by atoms with E-state index in [-0.39, 0.29) is 17.8 Å². The van der Waals surface area contributed by atoms with Gasteiger partial charge in [0, 0.05) is 42.5 Å². The number of hydrogen-bond acceptors (Lipinski definition) is 8. The number of carboxylic acid groups (broad SMARTS) is 1. The number of aromatic nitrogens is 2. The maximum Gasteiger partial charge on any atom is 0.310 e. The summed E-state index contributed by atoms with van der Waals surface area (Å²) in [5.41, 5.74) is -0.499. The van der Waals surface area contributed by atoms with Gasteiger partial charge in [-0.25, -0.2) is 9.97 Å². The second kappa shape index (κ2) is 9.27. The van der Waals surface area contributed by atoms with E-state index in [0.29, 0.717) is 31.5 Å². The third-order valence-corrected chi connectivity index (χ3v) is 6.02. The largest absolute Gasteiger partial charge is 0.481 e. The highest BCUT2D eigenvalue weighted by molar-refractivity contribution is 5.89. The normalized spacial score (nSPS) is 21.9. The summed E-state index contributed by atoms with van der Waals surface area (Å²) < 4.78 is 11.5. The van der Waals surface area contributed by atoms with Crippen LogP contribution in [0, 0.1) is 16.7 Å². The summed E-state index contributed by atoms with van der Waals surface area (Å²) in [7, 11) is 0. The fourth-order valence-electron chi connectivity index (χ4n) is 4.26. The number of fused-ring (bicyclic) bond motifs is 1. The first-order valence-corrected chi connectivity index (χ1v) is 11.0. The van der Waals surface area contributed by atoms with Crippen molar-refractivity contribution in [3.05, 3.63) is 24.0 Å². The minimum atomic E-state index is -0.788. The van der Waals surface area contributed by atoms with Gasteiger partial charge in [-0.2, -0.15) is 5.26 Å². The van der Waals surface area contributed by atoms with Gasteiger partial charge in [-0.15, -0.1) is 0 Å². The number of pyridine rings is 2. The van der Waals surface area contributed by atoms with E-state index in [4.69, 9.17) is 9.47 Å². The predicted molar refractivity (Wildman–Crippen MR) is 119 cm³/mol.